The molecule has 1 aliphatic carbocycles. The second kappa shape index (κ2) is 7.93. The van der Waals surface area contributed by atoms with Crippen molar-refractivity contribution in [3.63, 3.8) is 0 Å². The van der Waals surface area contributed by atoms with Crippen molar-refractivity contribution in [2.75, 3.05) is 17.7 Å². The van der Waals surface area contributed by atoms with Crippen LogP contribution in [0.1, 0.15) is 20.7 Å². The molecule has 0 fully saturated rings. The first-order valence-electron chi connectivity index (χ1n) is 8.94. The van der Waals surface area contributed by atoms with E-state index in [0.717, 1.165) is 0 Å². The molecule has 0 aliphatic heterocycles. The second-order valence-electron chi connectivity index (χ2n) is 6.42. The molecule has 0 spiro atoms. The number of benzene rings is 3. The summed E-state index contributed by atoms with van der Waals surface area (Å²) in [7, 11) is 1.59. The average molecular weight is 449 g/mol. The summed E-state index contributed by atoms with van der Waals surface area (Å²) >= 11 is 3.41. The lowest BCUT2D eigenvalue weighted by Crippen LogP contribution is -2.30. The molecule has 0 heterocycles. The predicted octanol–water partition coefficient (Wildman–Crippen LogP) is 5.27. The third kappa shape index (κ3) is 3.67. The zero-order chi connectivity index (χ0) is 20.4. The molecule has 4 rings (SSSR count). The molecule has 1 aliphatic rings. The molecule has 0 radical (unpaired) electrons. The first-order chi connectivity index (χ1) is 14.1. The summed E-state index contributed by atoms with van der Waals surface area (Å²) in [5.74, 6) is 0.189. The number of hydrogen-bond donors (Lipinski definition) is 2. The number of rotatable bonds is 5. The van der Waals surface area contributed by atoms with E-state index in [1.54, 1.807) is 49.6 Å². The third-order valence-electron chi connectivity index (χ3n) is 4.59. The quantitative estimate of drug-likeness (QED) is 0.556. The Labute approximate surface area is 176 Å². The van der Waals surface area contributed by atoms with Crippen molar-refractivity contribution in [1.29, 1.82) is 0 Å². The van der Waals surface area contributed by atoms with Crippen LogP contribution in [0.3, 0.4) is 0 Å². The number of fused-ring (bicyclic) bond motifs is 1. The molecule has 3 aromatic rings. The van der Waals surface area contributed by atoms with Crippen molar-refractivity contribution < 1.29 is 14.3 Å². The van der Waals surface area contributed by atoms with Gasteiger partial charge in [-0.15, -0.1) is 0 Å². The minimum Gasteiger partial charge on any atom is -0.497 e. The summed E-state index contributed by atoms with van der Waals surface area (Å²) in [5.41, 5.74) is 2.52. The number of carbonyl (C=O) groups excluding carboxylic acids is 2. The lowest BCUT2D eigenvalue weighted by molar-refractivity contribution is 0.0976. The standard InChI is InChI=1S/C23H17BrN2O3/c1-29-16-12-10-15(11-13-16)26-20-21(25-14-6-3-2-4-7-14)23(28)19-17(22(20)27)8-5-9-18(19)24/h2-13,25-26H,1H3. The van der Waals surface area contributed by atoms with Gasteiger partial charge in [0.15, 0.2) is 0 Å². The Hall–Kier alpha value is -3.38. The zero-order valence-electron chi connectivity index (χ0n) is 15.5. The molecule has 0 unspecified atom stereocenters. The van der Waals surface area contributed by atoms with Gasteiger partial charge in [0, 0.05) is 27.0 Å². The highest BCUT2D eigenvalue weighted by Gasteiger charge is 2.34. The summed E-state index contributed by atoms with van der Waals surface area (Å²) < 4.78 is 5.77. The maximum Gasteiger partial charge on any atom is 0.213 e. The van der Waals surface area contributed by atoms with Crippen LogP contribution in [0.15, 0.2) is 88.7 Å². The monoisotopic (exact) mass is 448 g/mol. The Morgan fingerprint density at radius 1 is 0.724 bits per heavy atom. The van der Waals surface area contributed by atoms with E-state index in [1.165, 1.54) is 0 Å². The van der Waals surface area contributed by atoms with Crippen LogP contribution in [0.5, 0.6) is 5.75 Å². The number of ketones is 2. The van der Waals surface area contributed by atoms with Gasteiger partial charge in [-0.2, -0.15) is 0 Å². The minimum atomic E-state index is -0.257. The second-order valence-corrected chi connectivity index (χ2v) is 7.27. The molecule has 0 aromatic heterocycles. The number of allylic oxidation sites excluding steroid dienone is 2. The van der Waals surface area contributed by atoms with Gasteiger partial charge in [-0.25, -0.2) is 0 Å². The molecular weight excluding hydrogens is 432 g/mol. The van der Waals surface area contributed by atoms with E-state index in [2.05, 4.69) is 26.6 Å². The van der Waals surface area contributed by atoms with E-state index in [4.69, 9.17) is 4.74 Å². The molecule has 0 saturated carbocycles. The number of hydrogen-bond acceptors (Lipinski definition) is 5. The van der Waals surface area contributed by atoms with Crippen LogP contribution in [0, 0.1) is 0 Å². The summed E-state index contributed by atoms with van der Waals surface area (Å²) in [6.07, 6.45) is 0. The maximum absolute atomic E-state index is 13.3. The number of carbonyl (C=O) groups is 2. The van der Waals surface area contributed by atoms with Crippen molar-refractivity contribution in [2.45, 2.75) is 0 Å². The maximum atomic E-state index is 13.3. The smallest absolute Gasteiger partial charge is 0.213 e. The van der Waals surface area contributed by atoms with Crippen LogP contribution < -0.4 is 15.4 Å². The van der Waals surface area contributed by atoms with Gasteiger partial charge < -0.3 is 15.4 Å². The molecule has 29 heavy (non-hydrogen) atoms. The summed E-state index contributed by atoms with van der Waals surface area (Å²) in [4.78, 5) is 26.6. The molecule has 2 N–H and O–H groups in total. The van der Waals surface area contributed by atoms with E-state index < -0.39 is 0 Å². The SMILES string of the molecule is COc1ccc(NC2=C(Nc3ccccc3)C(=O)c3c(Br)cccc3C2=O)cc1. The van der Waals surface area contributed by atoms with Crippen LogP contribution in [-0.4, -0.2) is 18.7 Å². The van der Waals surface area contributed by atoms with Gasteiger partial charge in [-0.05, 0) is 42.5 Å². The topological polar surface area (TPSA) is 67.4 Å². The average Bonchev–Trinajstić information content (AvgIpc) is 2.75. The first kappa shape index (κ1) is 19.0. The normalized spacial score (nSPS) is 13.2. The number of para-hydroxylation sites is 1. The fourth-order valence-electron chi connectivity index (χ4n) is 3.15. The predicted molar refractivity (Wildman–Crippen MR) is 117 cm³/mol. The minimum absolute atomic E-state index is 0.203. The van der Waals surface area contributed by atoms with Gasteiger partial charge in [-0.3, -0.25) is 9.59 Å². The van der Waals surface area contributed by atoms with Crippen molar-refractivity contribution in [2.24, 2.45) is 0 Å². The highest BCUT2D eigenvalue weighted by atomic mass is 79.9. The summed E-state index contributed by atoms with van der Waals surface area (Å²) in [6, 6.07) is 21.6. The van der Waals surface area contributed by atoms with Gasteiger partial charge in [0.1, 0.15) is 17.1 Å². The highest BCUT2D eigenvalue weighted by molar-refractivity contribution is 9.10. The Kier molecular flexibility index (Phi) is 5.18. The van der Waals surface area contributed by atoms with Crippen LogP contribution in [-0.2, 0) is 0 Å². The van der Waals surface area contributed by atoms with E-state index in [9.17, 15) is 9.59 Å². The summed E-state index contributed by atoms with van der Waals surface area (Å²) in [6.45, 7) is 0. The fraction of sp³-hybridized carbons (Fsp3) is 0.0435. The highest BCUT2D eigenvalue weighted by Crippen LogP contribution is 2.33. The molecule has 0 atom stereocenters. The van der Waals surface area contributed by atoms with E-state index in [1.807, 2.05) is 30.3 Å². The van der Waals surface area contributed by atoms with E-state index in [0.29, 0.717) is 32.7 Å². The van der Waals surface area contributed by atoms with Gasteiger partial charge >= 0.3 is 0 Å². The van der Waals surface area contributed by atoms with Crippen LogP contribution in [0.2, 0.25) is 0 Å². The Morgan fingerprint density at radius 2 is 1.34 bits per heavy atom. The van der Waals surface area contributed by atoms with Gasteiger partial charge in [0.2, 0.25) is 11.6 Å². The van der Waals surface area contributed by atoms with Crippen LogP contribution in [0.25, 0.3) is 0 Å². The van der Waals surface area contributed by atoms with Crippen LogP contribution >= 0.6 is 15.9 Å². The molecule has 0 amide bonds. The van der Waals surface area contributed by atoms with E-state index in [-0.39, 0.29) is 23.0 Å². The molecule has 5 nitrogen and oxygen atoms in total. The van der Waals surface area contributed by atoms with Crippen molar-refractivity contribution in [3.8, 4) is 5.75 Å². The van der Waals surface area contributed by atoms with Gasteiger partial charge in [-0.1, -0.05) is 46.3 Å². The van der Waals surface area contributed by atoms with Crippen LogP contribution in [0.4, 0.5) is 11.4 Å². The molecule has 0 bridgehead atoms. The Balaban J connectivity index is 1.81. The number of halogens is 1. The van der Waals surface area contributed by atoms with Crippen molar-refractivity contribution in [3.05, 3.63) is 99.8 Å². The Morgan fingerprint density at radius 3 is 2.00 bits per heavy atom. The lowest BCUT2D eigenvalue weighted by Gasteiger charge is -2.24. The van der Waals surface area contributed by atoms with Gasteiger partial charge in [0.25, 0.3) is 0 Å². The summed E-state index contributed by atoms with van der Waals surface area (Å²) in [5, 5.41) is 6.24. The Bertz CT molecular complexity index is 1120. The first-order valence-corrected chi connectivity index (χ1v) is 9.73. The zero-order valence-corrected chi connectivity index (χ0v) is 17.1. The molecular formula is C23H17BrN2O3. The number of ether oxygens (including phenoxy) is 1. The number of anilines is 2. The number of Topliss-reactive ketones (excluding diaryl/α,β-unsaturated/α-hetero) is 2. The number of methoxy groups -OCH3 is 1. The van der Waals surface area contributed by atoms with E-state index >= 15 is 0 Å². The fourth-order valence-corrected chi connectivity index (χ4v) is 3.70. The molecule has 3 aromatic carbocycles. The molecule has 6 heteroatoms. The third-order valence-corrected chi connectivity index (χ3v) is 5.25. The largest absolute Gasteiger partial charge is 0.497 e. The lowest BCUT2D eigenvalue weighted by atomic mass is 9.90. The van der Waals surface area contributed by atoms with Crippen molar-refractivity contribution >= 4 is 38.9 Å². The molecule has 144 valence electrons. The molecule has 0 saturated heterocycles. The number of nitrogens with one attached hydrogen (secondary N) is 2. The van der Waals surface area contributed by atoms with Gasteiger partial charge in [0.05, 0.1) is 7.11 Å². The van der Waals surface area contributed by atoms with Crippen molar-refractivity contribution in [1.82, 2.24) is 0 Å².